The van der Waals surface area contributed by atoms with E-state index in [1.165, 1.54) is 28.2 Å². The predicted octanol–water partition coefficient (Wildman–Crippen LogP) is 3.79. The first-order valence-corrected chi connectivity index (χ1v) is 7.32. The van der Waals surface area contributed by atoms with Crippen molar-refractivity contribution in [2.75, 3.05) is 5.32 Å². The third-order valence-electron chi connectivity index (χ3n) is 3.30. The lowest BCUT2D eigenvalue weighted by atomic mass is 10.1. The Morgan fingerprint density at radius 1 is 1.25 bits per heavy atom. The molecule has 1 aliphatic heterocycles. The summed E-state index contributed by atoms with van der Waals surface area (Å²) in [6, 6.07) is 12.1. The van der Waals surface area contributed by atoms with Crippen LogP contribution in [0, 0.1) is 12.7 Å². The summed E-state index contributed by atoms with van der Waals surface area (Å²) in [6.45, 7) is 2.05. The maximum absolute atomic E-state index is 12.8. The van der Waals surface area contributed by atoms with Crippen molar-refractivity contribution in [2.24, 2.45) is 0 Å². The molecule has 0 aromatic heterocycles. The fourth-order valence-electron chi connectivity index (χ4n) is 2.24. The van der Waals surface area contributed by atoms with Crippen LogP contribution in [0.5, 0.6) is 0 Å². The number of anilines is 1. The van der Waals surface area contributed by atoms with Gasteiger partial charge in [-0.05, 0) is 49.2 Å². The van der Waals surface area contributed by atoms with Gasteiger partial charge in [-0.3, -0.25) is 4.79 Å². The highest BCUT2D eigenvalue weighted by Crippen LogP contribution is 2.38. The van der Waals surface area contributed by atoms with Crippen molar-refractivity contribution >= 4 is 23.4 Å². The van der Waals surface area contributed by atoms with Gasteiger partial charge in [0.15, 0.2) is 0 Å². The summed E-state index contributed by atoms with van der Waals surface area (Å²) < 4.78 is 12.8. The van der Waals surface area contributed by atoms with E-state index >= 15 is 0 Å². The van der Waals surface area contributed by atoms with E-state index in [0.717, 1.165) is 6.42 Å². The number of aryl methyl sites for hydroxylation is 1. The monoisotopic (exact) mass is 287 g/mol. The van der Waals surface area contributed by atoms with Gasteiger partial charge in [0, 0.05) is 10.6 Å². The average Bonchev–Trinajstić information content (AvgIpc) is 2.84. The predicted molar refractivity (Wildman–Crippen MR) is 79.6 cm³/mol. The first kappa shape index (κ1) is 13.2. The Balaban J connectivity index is 1.69. The minimum absolute atomic E-state index is 0.0320. The fourth-order valence-corrected chi connectivity index (χ4v) is 3.53. The number of rotatable bonds is 2. The normalized spacial score (nSPS) is 16.8. The molecule has 1 N–H and O–H groups in total. The van der Waals surface area contributed by atoms with Crippen LogP contribution in [0.2, 0.25) is 0 Å². The van der Waals surface area contributed by atoms with Crippen LogP contribution in [-0.4, -0.2) is 11.2 Å². The topological polar surface area (TPSA) is 29.1 Å². The molecule has 0 unspecified atom stereocenters. The number of carbonyl (C=O) groups is 1. The number of carbonyl (C=O) groups excluding carboxylic acids is 1. The summed E-state index contributed by atoms with van der Waals surface area (Å²) in [7, 11) is 0. The molecule has 1 amide bonds. The molecule has 1 aliphatic rings. The molecule has 1 heterocycles. The lowest BCUT2D eigenvalue weighted by Gasteiger charge is -2.09. The van der Waals surface area contributed by atoms with Gasteiger partial charge in [0.25, 0.3) is 0 Å². The van der Waals surface area contributed by atoms with Gasteiger partial charge in [0.2, 0.25) is 5.91 Å². The van der Waals surface area contributed by atoms with Crippen molar-refractivity contribution in [1.29, 1.82) is 0 Å². The minimum Gasteiger partial charge on any atom is -0.325 e. The zero-order valence-corrected chi connectivity index (χ0v) is 11.8. The molecule has 0 radical (unpaired) electrons. The van der Waals surface area contributed by atoms with Crippen molar-refractivity contribution in [3.63, 3.8) is 0 Å². The molecular weight excluding hydrogens is 273 g/mol. The van der Waals surface area contributed by atoms with Crippen LogP contribution >= 0.6 is 11.8 Å². The van der Waals surface area contributed by atoms with Gasteiger partial charge < -0.3 is 5.32 Å². The third kappa shape index (κ3) is 2.70. The van der Waals surface area contributed by atoms with E-state index < -0.39 is 0 Å². The van der Waals surface area contributed by atoms with E-state index in [9.17, 15) is 9.18 Å². The molecular formula is C16H14FNOS. The highest BCUT2D eigenvalue weighted by Gasteiger charge is 2.28. The lowest BCUT2D eigenvalue weighted by Crippen LogP contribution is -2.24. The second-order valence-electron chi connectivity index (χ2n) is 4.92. The first-order valence-electron chi connectivity index (χ1n) is 6.44. The Hall–Kier alpha value is -1.81. The summed E-state index contributed by atoms with van der Waals surface area (Å²) >= 11 is 1.59. The maximum Gasteiger partial charge on any atom is 0.238 e. The van der Waals surface area contributed by atoms with Gasteiger partial charge >= 0.3 is 0 Å². The molecule has 2 aromatic carbocycles. The van der Waals surface area contributed by atoms with Gasteiger partial charge in [0.1, 0.15) is 5.82 Å². The molecule has 0 fully saturated rings. The molecule has 0 saturated carbocycles. The second-order valence-corrected chi connectivity index (χ2v) is 6.16. The Kier molecular flexibility index (Phi) is 3.49. The summed E-state index contributed by atoms with van der Waals surface area (Å²) in [6.07, 6.45) is 0.743. The molecule has 0 bridgehead atoms. The van der Waals surface area contributed by atoms with Crippen LogP contribution in [0.15, 0.2) is 47.4 Å². The van der Waals surface area contributed by atoms with Gasteiger partial charge in [-0.1, -0.05) is 17.7 Å². The Bertz CT molecular complexity index is 654. The number of benzene rings is 2. The second kappa shape index (κ2) is 5.29. The Labute approximate surface area is 121 Å². The molecule has 0 spiro atoms. The smallest absolute Gasteiger partial charge is 0.238 e. The van der Waals surface area contributed by atoms with Crippen molar-refractivity contribution in [3.8, 4) is 0 Å². The lowest BCUT2D eigenvalue weighted by molar-refractivity contribution is -0.115. The van der Waals surface area contributed by atoms with Crippen molar-refractivity contribution in [1.82, 2.24) is 0 Å². The molecule has 3 rings (SSSR count). The Morgan fingerprint density at radius 3 is 2.75 bits per heavy atom. The van der Waals surface area contributed by atoms with Crippen LogP contribution in [0.25, 0.3) is 0 Å². The molecule has 102 valence electrons. The molecule has 0 saturated heterocycles. The van der Waals surface area contributed by atoms with Crippen molar-refractivity contribution in [2.45, 2.75) is 23.5 Å². The van der Waals surface area contributed by atoms with E-state index in [0.29, 0.717) is 5.69 Å². The van der Waals surface area contributed by atoms with Crippen LogP contribution < -0.4 is 5.32 Å². The quantitative estimate of drug-likeness (QED) is 0.910. The number of amides is 1. The molecule has 0 aliphatic carbocycles. The van der Waals surface area contributed by atoms with E-state index in [1.807, 2.05) is 6.92 Å². The van der Waals surface area contributed by atoms with Gasteiger partial charge in [0.05, 0.1) is 5.25 Å². The molecule has 2 aromatic rings. The number of nitrogens with one attached hydrogen (secondary N) is 1. The highest BCUT2D eigenvalue weighted by atomic mass is 32.2. The first-order chi connectivity index (χ1) is 9.61. The van der Waals surface area contributed by atoms with Crippen LogP contribution in [-0.2, 0) is 11.2 Å². The van der Waals surface area contributed by atoms with Gasteiger partial charge in [-0.15, -0.1) is 11.8 Å². The summed E-state index contributed by atoms with van der Waals surface area (Å²) in [4.78, 5) is 13.4. The van der Waals surface area contributed by atoms with Gasteiger partial charge in [-0.2, -0.15) is 0 Å². The third-order valence-corrected chi connectivity index (χ3v) is 4.60. The van der Waals surface area contributed by atoms with Gasteiger partial charge in [-0.25, -0.2) is 4.39 Å². The summed E-state index contributed by atoms with van der Waals surface area (Å²) in [5, 5.41) is 2.72. The van der Waals surface area contributed by atoms with Crippen LogP contribution in [0.1, 0.15) is 11.1 Å². The van der Waals surface area contributed by atoms with Crippen LogP contribution in [0.4, 0.5) is 10.1 Å². The number of hydrogen-bond donors (Lipinski definition) is 1. The maximum atomic E-state index is 12.8. The number of halogens is 1. The van der Waals surface area contributed by atoms with Crippen molar-refractivity contribution < 1.29 is 9.18 Å². The fraction of sp³-hybridized carbons (Fsp3) is 0.188. The number of hydrogen-bond acceptors (Lipinski definition) is 2. The molecule has 1 atom stereocenters. The SMILES string of the molecule is Cc1ccc2c(c1)S[C@H](C(=O)Nc1ccc(F)cc1)C2. The highest BCUT2D eigenvalue weighted by molar-refractivity contribution is 8.01. The van der Waals surface area contributed by atoms with E-state index in [4.69, 9.17) is 0 Å². The van der Waals surface area contributed by atoms with Crippen LogP contribution in [0.3, 0.4) is 0 Å². The van der Waals surface area contributed by atoms with E-state index in [1.54, 1.807) is 23.9 Å². The molecule has 20 heavy (non-hydrogen) atoms. The largest absolute Gasteiger partial charge is 0.325 e. The summed E-state index contributed by atoms with van der Waals surface area (Å²) in [5.74, 6) is -0.336. The Morgan fingerprint density at radius 2 is 2.00 bits per heavy atom. The molecule has 2 nitrogen and oxygen atoms in total. The average molecular weight is 287 g/mol. The standard InChI is InChI=1S/C16H14FNOS/c1-10-2-3-11-9-15(20-14(11)8-10)16(19)18-13-6-4-12(17)5-7-13/h2-8,15H,9H2,1H3,(H,18,19)/t15-/m0/s1. The van der Waals surface area contributed by atoms with E-state index in [2.05, 4.69) is 23.5 Å². The number of fused-ring (bicyclic) bond motifs is 1. The molecule has 4 heteroatoms. The summed E-state index contributed by atoms with van der Waals surface area (Å²) in [5.41, 5.74) is 3.06. The minimum atomic E-state index is -0.305. The van der Waals surface area contributed by atoms with Crippen molar-refractivity contribution in [3.05, 3.63) is 59.4 Å². The van der Waals surface area contributed by atoms with E-state index in [-0.39, 0.29) is 17.0 Å². The number of thioether (sulfide) groups is 1. The zero-order valence-electron chi connectivity index (χ0n) is 11.0. The zero-order chi connectivity index (χ0) is 14.1.